The van der Waals surface area contributed by atoms with Crippen molar-refractivity contribution in [3.8, 4) is 0 Å². The number of fused-ring (bicyclic) bond motifs is 1. The summed E-state index contributed by atoms with van der Waals surface area (Å²) in [6, 6.07) is 1.80. The summed E-state index contributed by atoms with van der Waals surface area (Å²) in [5.74, 6) is -4.78. The van der Waals surface area contributed by atoms with Crippen molar-refractivity contribution in [3.05, 3.63) is 35.5 Å². The van der Waals surface area contributed by atoms with Crippen LogP contribution >= 0.6 is 0 Å². The van der Waals surface area contributed by atoms with Gasteiger partial charge in [-0.25, -0.2) is 18.3 Å². The molecule has 51 heavy (non-hydrogen) atoms. The number of aromatic nitrogens is 6. The lowest BCUT2D eigenvalue weighted by molar-refractivity contribution is -0.183. The minimum absolute atomic E-state index is 0.00798. The number of rotatable bonds is 9. The molecule has 0 bridgehead atoms. The molecule has 0 radical (unpaired) electrons. The summed E-state index contributed by atoms with van der Waals surface area (Å²) >= 11 is 0. The zero-order valence-electron chi connectivity index (χ0n) is 28.8. The third-order valence-electron chi connectivity index (χ3n) is 10.5. The van der Waals surface area contributed by atoms with Crippen LogP contribution in [-0.4, -0.2) is 118 Å². The number of piperazine rings is 1. The maximum Gasteiger partial charge on any atom is 0.393 e. The first-order chi connectivity index (χ1) is 24.4. The number of carbonyl (C=O) groups excluding carboxylic acids is 2. The number of aldehydes is 1. The molecule has 4 fully saturated rings. The Labute approximate surface area is 292 Å². The van der Waals surface area contributed by atoms with Gasteiger partial charge in [0.2, 0.25) is 11.8 Å². The molecule has 18 heteroatoms. The molecule has 280 valence electrons. The van der Waals surface area contributed by atoms with Gasteiger partial charge < -0.3 is 20.3 Å². The summed E-state index contributed by atoms with van der Waals surface area (Å²) in [7, 11) is 1.77. The van der Waals surface area contributed by atoms with Gasteiger partial charge in [-0.3, -0.25) is 19.2 Å². The highest BCUT2D eigenvalue weighted by Gasteiger charge is 2.45. The fraction of sp³-hybridized carbons (Fsp3) is 0.697. The Morgan fingerprint density at radius 2 is 1.86 bits per heavy atom. The van der Waals surface area contributed by atoms with E-state index in [2.05, 4.69) is 25.5 Å². The Morgan fingerprint density at radius 1 is 1.14 bits per heavy atom. The second-order valence-electron chi connectivity index (χ2n) is 13.8. The van der Waals surface area contributed by atoms with Crippen molar-refractivity contribution < 1.29 is 36.3 Å². The Bertz CT molecular complexity index is 1640. The fourth-order valence-electron chi connectivity index (χ4n) is 7.42. The number of carbonyl (C=O) groups is 2. The molecule has 0 aromatic carbocycles. The molecule has 2 N–H and O–H groups in total. The molecule has 4 aliphatic rings. The summed E-state index contributed by atoms with van der Waals surface area (Å²) in [6.07, 6.45) is -0.210. The van der Waals surface area contributed by atoms with Crippen molar-refractivity contribution in [1.82, 2.24) is 44.9 Å². The average molecular weight is 725 g/mol. The van der Waals surface area contributed by atoms with Crippen LogP contribution in [0, 0.1) is 17.8 Å². The van der Waals surface area contributed by atoms with Gasteiger partial charge in [0.1, 0.15) is 11.4 Å². The summed E-state index contributed by atoms with van der Waals surface area (Å²) in [5, 5.41) is 14.3. The Kier molecular flexibility index (Phi) is 11.2. The highest BCUT2D eigenvalue weighted by molar-refractivity contribution is 5.80. The molecule has 3 atom stereocenters. The van der Waals surface area contributed by atoms with Crippen LogP contribution in [0.2, 0.25) is 0 Å². The second-order valence-corrected chi connectivity index (χ2v) is 13.8. The largest absolute Gasteiger partial charge is 0.393 e. The van der Waals surface area contributed by atoms with Crippen molar-refractivity contribution in [3.63, 3.8) is 0 Å². The highest BCUT2D eigenvalue weighted by Crippen LogP contribution is 2.41. The summed E-state index contributed by atoms with van der Waals surface area (Å²) in [6.45, 7) is 6.50. The Morgan fingerprint density at radius 3 is 2.45 bits per heavy atom. The average Bonchev–Trinajstić information content (AvgIpc) is 3.72. The lowest BCUT2D eigenvalue weighted by Gasteiger charge is -2.43. The number of aryl methyl sites for hydroxylation is 1. The minimum atomic E-state index is -4.41. The number of anilines is 1. The van der Waals surface area contributed by atoms with Crippen LogP contribution in [0.15, 0.2) is 18.5 Å². The van der Waals surface area contributed by atoms with Crippen LogP contribution < -0.4 is 15.5 Å². The SMILES string of the molecule is CCn1nccc1C=O.CNC(c1cn2nc(C[C@H]3C[C@@H](C(F)(F)F)CNC3=O)c(N3CCN(C4COC4)CC3)nc2n1)C1CCC(F)(F)CC1. The smallest absolute Gasteiger partial charge is 0.378 e. The quantitative estimate of drug-likeness (QED) is 0.250. The van der Waals surface area contributed by atoms with Crippen LogP contribution in [0.1, 0.15) is 66.9 Å². The monoisotopic (exact) mass is 724 g/mol. The van der Waals surface area contributed by atoms with Crippen molar-refractivity contribution in [1.29, 1.82) is 0 Å². The molecule has 6 heterocycles. The first kappa shape index (κ1) is 37.0. The van der Waals surface area contributed by atoms with Crippen molar-refractivity contribution in [2.45, 2.75) is 76.2 Å². The van der Waals surface area contributed by atoms with E-state index in [0.29, 0.717) is 73.9 Å². The molecule has 3 saturated heterocycles. The predicted octanol–water partition coefficient (Wildman–Crippen LogP) is 3.30. The van der Waals surface area contributed by atoms with Gasteiger partial charge in [0.05, 0.1) is 43.1 Å². The second kappa shape index (κ2) is 15.5. The van der Waals surface area contributed by atoms with Gasteiger partial charge >= 0.3 is 6.18 Å². The van der Waals surface area contributed by atoms with Gasteiger partial charge in [0.25, 0.3) is 5.78 Å². The van der Waals surface area contributed by atoms with Crippen LogP contribution in [0.25, 0.3) is 5.78 Å². The van der Waals surface area contributed by atoms with E-state index in [1.165, 1.54) is 4.52 Å². The number of imidazole rings is 1. The normalized spacial score (nSPS) is 24.1. The Hall–Kier alpha value is -3.77. The minimum Gasteiger partial charge on any atom is -0.378 e. The van der Waals surface area contributed by atoms with E-state index in [0.717, 1.165) is 25.9 Å². The summed E-state index contributed by atoms with van der Waals surface area (Å²) < 4.78 is 76.7. The van der Waals surface area contributed by atoms with Gasteiger partial charge in [-0.1, -0.05) is 0 Å². The zero-order chi connectivity index (χ0) is 36.3. The predicted molar refractivity (Wildman–Crippen MR) is 176 cm³/mol. The topological polar surface area (TPSA) is 135 Å². The molecular weight excluding hydrogens is 679 g/mol. The molecule has 1 unspecified atom stereocenters. The standard InChI is InChI=1S/C27H37F5N8O2.C6H8N2O/c1-33-22(16-2-4-26(28,29)5-3-16)21-13-40-25(35-21)36-23(39-8-6-38(7-9-39)19-14-42-15-19)20(37-40)11-17-10-18(27(30,31)32)12-34-24(17)41;1-2-8-6(5-9)3-4-7-8/h13,16-19,22,33H,2-12,14-15H2,1H3,(H,34,41);3-5H,2H2,1H3/t17-,18-,22?;/m1./s1. The van der Waals surface area contributed by atoms with Gasteiger partial charge in [0, 0.05) is 70.6 Å². The number of nitrogens with one attached hydrogen (secondary N) is 2. The number of ether oxygens (including phenoxy) is 1. The van der Waals surface area contributed by atoms with Crippen molar-refractivity contribution in [2.24, 2.45) is 17.8 Å². The number of amides is 1. The lowest BCUT2D eigenvalue weighted by Crippen LogP contribution is -2.57. The molecular formula is C33H45F5N10O3. The van der Waals surface area contributed by atoms with Gasteiger partial charge in [-0.15, -0.1) is 0 Å². The number of hydrogen-bond donors (Lipinski definition) is 2. The van der Waals surface area contributed by atoms with Crippen LogP contribution in [-0.2, 0) is 22.5 Å². The highest BCUT2D eigenvalue weighted by atomic mass is 19.4. The van der Waals surface area contributed by atoms with Crippen LogP contribution in [0.4, 0.5) is 27.8 Å². The molecule has 0 spiro atoms. The number of alkyl halides is 5. The Balaban J connectivity index is 0.000000435. The molecule has 13 nitrogen and oxygen atoms in total. The first-order valence-electron chi connectivity index (χ1n) is 17.6. The molecule has 1 saturated carbocycles. The lowest BCUT2D eigenvalue weighted by atomic mass is 9.81. The van der Waals surface area contributed by atoms with E-state index in [9.17, 15) is 31.5 Å². The number of halogens is 5. The van der Waals surface area contributed by atoms with E-state index in [4.69, 9.17) is 19.8 Å². The van der Waals surface area contributed by atoms with Crippen LogP contribution in [0.3, 0.4) is 0 Å². The third kappa shape index (κ3) is 8.49. The van der Waals surface area contributed by atoms with E-state index >= 15 is 0 Å². The van der Waals surface area contributed by atoms with Gasteiger partial charge in [-0.2, -0.15) is 28.4 Å². The zero-order valence-corrected chi connectivity index (χ0v) is 28.8. The third-order valence-corrected chi connectivity index (χ3v) is 10.5. The van der Waals surface area contributed by atoms with E-state index in [1.54, 1.807) is 30.2 Å². The molecule has 3 aromatic rings. The number of nitrogens with zero attached hydrogens (tertiary/aromatic N) is 8. The van der Waals surface area contributed by atoms with Crippen molar-refractivity contribution in [2.75, 3.05) is 57.9 Å². The summed E-state index contributed by atoms with van der Waals surface area (Å²) in [4.78, 5) is 36.9. The van der Waals surface area contributed by atoms with Crippen molar-refractivity contribution >= 4 is 23.8 Å². The van der Waals surface area contributed by atoms with E-state index < -0.39 is 36.4 Å². The fourth-order valence-corrected chi connectivity index (χ4v) is 7.42. The van der Waals surface area contributed by atoms with Crippen LogP contribution in [0.5, 0.6) is 0 Å². The van der Waals surface area contributed by atoms with E-state index in [1.807, 2.05) is 6.92 Å². The molecule has 1 amide bonds. The maximum atomic E-state index is 13.8. The van der Waals surface area contributed by atoms with Gasteiger partial charge in [-0.05, 0) is 45.2 Å². The molecule has 7 rings (SSSR count). The molecule has 3 aliphatic heterocycles. The van der Waals surface area contributed by atoms with Gasteiger partial charge in [0.15, 0.2) is 12.1 Å². The number of hydrogen-bond acceptors (Lipinski definition) is 10. The molecule has 1 aliphatic carbocycles. The van der Waals surface area contributed by atoms with E-state index in [-0.39, 0.29) is 37.6 Å². The summed E-state index contributed by atoms with van der Waals surface area (Å²) in [5.41, 5.74) is 1.70. The number of piperidine rings is 1. The first-order valence-corrected chi connectivity index (χ1v) is 17.6. The maximum absolute atomic E-state index is 13.8. The molecule has 3 aromatic heterocycles.